The summed E-state index contributed by atoms with van der Waals surface area (Å²) in [6.45, 7) is 6.48. The van der Waals surface area contributed by atoms with Crippen LogP contribution in [0, 0.1) is 17.8 Å². The third-order valence-electron chi connectivity index (χ3n) is 4.65. The zero-order valence-corrected chi connectivity index (χ0v) is 14.2. The average Bonchev–Trinajstić information content (AvgIpc) is 2.53. The SMILES string of the molecule is CC(C)[C@H]1CC[C@@H](C)C[C@@H]1OC(=O)C(=O)/C=C/c1ccccc1. The van der Waals surface area contributed by atoms with Gasteiger partial charge in [0.1, 0.15) is 6.10 Å². The maximum absolute atomic E-state index is 12.1. The van der Waals surface area contributed by atoms with E-state index in [4.69, 9.17) is 4.74 Å². The van der Waals surface area contributed by atoms with E-state index >= 15 is 0 Å². The second-order valence-electron chi connectivity index (χ2n) is 6.88. The van der Waals surface area contributed by atoms with Crippen molar-refractivity contribution in [1.82, 2.24) is 0 Å². The average molecular weight is 314 g/mol. The van der Waals surface area contributed by atoms with Gasteiger partial charge < -0.3 is 4.74 Å². The smallest absolute Gasteiger partial charge is 0.379 e. The van der Waals surface area contributed by atoms with E-state index in [1.54, 1.807) is 6.08 Å². The summed E-state index contributed by atoms with van der Waals surface area (Å²) in [5.74, 6) is 0.0191. The van der Waals surface area contributed by atoms with Gasteiger partial charge in [0.25, 0.3) is 5.78 Å². The van der Waals surface area contributed by atoms with E-state index < -0.39 is 11.8 Å². The molecule has 3 atom stereocenters. The molecule has 2 rings (SSSR count). The van der Waals surface area contributed by atoms with Crippen LogP contribution in [-0.4, -0.2) is 17.9 Å². The minimum absolute atomic E-state index is 0.139. The highest BCUT2D eigenvalue weighted by molar-refractivity contribution is 6.39. The Morgan fingerprint density at radius 1 is 1.17 bits per heavy atom. The molecule has 0 radical (unpaired) electrons. The van der Waals surface area contributed by atoms with Gasteiger partial charge in [0.15, 0.2) is 0 Å². The van der Waals surface area contributed by atoms with Gasteiger partial charge in [-0.1, -0.05) is 63.6 Å². The summed E-state index contributed by atoms with van der Waals surface area (Å²) < 4.78 is 5.55. The van der Waals surface area contributed by atoms with Crippen molar-refractivity contribution in [3.8, 4) is 0 Å². The Morgan fingerprint density at radius 3 is 2.52 bits per heavy atom. The molecule has 1 fully saturated rings. The standard InChI is InChI=1S/C20H26O3/c1-14(2)17-11-9-15(3)13-19(17)23-20(22)18(21)12-10-16-7-5-4-6-8-16/h4-8,10,12,14-15,17,19H,9,11,13H2,1-3H3/b12-10+/t15-,17-,19+/m1/s1. The van der Waals surface area contributed by atoms with Crippen LogP contribution in [0.2, 0.25) is 0 Å². The number of rotatable bonds is 5. The monoisotopic (exact) mass is 314 g/mol. The van der Waals surface area contributed by atoms with Crippen molar-refractivity contribution in [2.75, 3.05) is 0 Å². The fourth-order valence-corrected chi connectivity index (χ4v) is 3.25. The summed E-state index contributed by atoms with van der Waals surface area (Å²) in [6, 6.07) is 9.45. The molecule has 0 bridgehead atoms. The van der Waals surface area contributed by atoms with E-state index in [0.29, 0.717) is 17.8 Å². The molecule has 0 spiro atoms. The normalized spacial score (nSPS) is 24.8. The Morgan fingerprint density at radius 2 is 1.87 bits per heavy atom. The number of ketones is 1. The number of carbonyl (C=O) groups excluding carboxylic acids is 2. The maximum atomic E-state index is 12.1. The van der Waals surface area contributed by atoms with Gasteiger partial charge in [-0.2, -0.15) is 0 Å². The van der Waals surface area contributed by atoms with Crippen molar-refractivity contribution < 1.29 is 14.3 Å². The van der Waals surface area contributed by atoms with Gasteiger partial charge in [-0.15, -0.1) is 0 Å². The molecule has 0 aliphatic heterocycles. The van der Waals surface area contributed by atoms with Crippen LogP contribution in [0.1, 0.15) is 45.6 Å². The Labute approximate surface area is 138 Å². The second-order valence-corrected chi connectivity index (χ2v) is 6.88. The van der Waals surface area contributed by atoms with Gasteiger partial charge in [0.2, 0.25) is 0 Å². The van der Waals surface area contributed by atoms with E-state index in [1.165, 1.54) is 12.5 Å². The largest absolute Gasteiger partial charge is 0.456 e. The van der Waals surface area contributed by atoms with E-state index in [2.05, 4.69) is 20.8 Å². The van der Waals surface area contributed by atoms with Crippen molar-refractivity contribution >= 4 is 17.8 Å². The molecular weight excluding hydrogens is 288 g/mol. The highest BCUT2D eigenvalue weighted by atomic mass is 16.5. The molecule has 1 aromatic rings. The predicted molar refractivity (Wildman–Crippen MR) is 91.7 cm³/mol. The quantitative estimate of drug-likeness (QED) is 0.463. The zero-order chi connectivity index (χ0) is 16.8. The Bertz CT molecular complexity index is 560. The van der Waals surface area contributed by atoms with Crippen LogP contribution < -0.4 is 0 Å². The topological polar surface area (TPSA) is 43.4 Å². The molecule has 0 unspecified atom stereocenters. The summed E-state index contributed by atoms with van der Waals surface area (Å²) in [5.41, 5.74) is 0.889. The van der Waals surface area contributed by atoms with Crippen molar-refractivity contribution in [3.63, 3.8) is 0 Å². The number of hydrogen-bond donors (Lipinski definition) is 0. The van der Waals surface area contributed by atoms with E-state index in [0.717, 1.165) is 18.4 Å². The van der Waals surface area contributed by atoms with Gasteiger partial charge in [-0.3, -0.25) is 4.79 Å². The van der Waals surface area contributed by atoms with Gasteiger partial charge in [-0.05, 0) is 42.2 Å². The van der Waals surface area contributed by atoms with Crippen molar-refractivity contribution in [2.45, 2.75) is 46.1 Å². The van der Waals surface area contributed by atoms with Gasteiger partial charge in [0.05, 0.1) is 0 Å². The van der Waals surface area contributed by atoms with Gasteiger partial charge in [-0.25, -0.2) is 4.79 Å². The third kappa shape index (κ3) is 5.05. The van der Waals surface area contributed by atoms with Gasteiger partial charge >= 0.3 is 5.97 Å². The third-order valence-corrected chi connectivity index (χ3v) is 4.65. The van der Waals surface area contributed by atoms with Crippen molar-refractivity contribution in [3.05, 3.63) is 42.0 Å². The Balaban J connectivity index is 1.96. The number of hydrogen-bond acceptors (Lipinski definition) is 3. The summed E-state index contributed by atoms with van der Waals surface area (Å²) >= 11 is 0. The van der Waals surface area contributed by atoms with Crippen LogP contribution in [0.15, 0.2) is 36.4 Å². The molecule has 0 N–H and O–H groups in total. The number of benzene rings is 1. The molecule has 0 aromatic heterocycles. The summed E-state index contributed by atoms with van der Waals surface area (Å²) in [7, 11) is 0. The fourth-order valence-electron chi connectivity index (χ4n) is 3.25. The van der Waals surface area contributed by atoms with Crippen molar-refractivity contribution in [1.29, 1.82) is 0 Å². The first-order valence-corrected chi connectivity index (χ1v) is 8.45. The molecule has 3 nitrogen and oxygen atoms in total. The number of carbonyl (C=O) groups is 2. The molecule has 0 saturated heterocycles. The Kier molecular flexibility index (Phi) is 6.14. The molecule has 0 heterocycles. The first-order valence-electron chi connectivity index (χ1n) is 8.45. The first kappa shape index (κ1) is 17.5. The highest BCUT2D eigenvalue weighted by Gasteiger charge is 2.34. The molecule has 23 heavy (non-hydrogen) atoms. The summed E-state index contributed by atoms with van der Waals surface area (Å²) in [6.07, 6.45) is 5.88. The molecule has 1 saturated carbocycles. The fraction of sp³-hybridized carbons (Fsp3) is 0.500. The maximum Gasteiger partial charge on any atom is 0.379 e. The lowest BCUT2D eigenvalue weighted by molar-refractivity contribution is -0.161. The minimum Gasteiger partial charge on any atom is -0.456 e. The molecule has 3 heteroatoms. The molecule has 1 aliphatic carbocycles. The van der Waals surface area contributed by atoms with Crippen LogP contribution in [0.5, 0.6) is 0 Å². The minimum atomic E-state index is -0.734. The number of ether oxygens (including phenoxy) is 1. The van der Waals surface area contributed by atoms with Crippen molar-refractivity contribution in [2.24, 2.45) is 17.8 Å². The summed E-state index contributed by atoms with van der Waals surface area (Å²) in [5, 5.41) is 0. The van der Waals surface area contributed by atoms with Crippen LogP contribution in [0.3, 0.4) is 0 Å². The van der Waals surface area contributed by atoms with E-state index in [-0.39, 0.29) is 6.10 Å². The van der Waals surface area contributed by atoms with Gasteiger partial charge in [0, 0.05) is 0 Å². The van der Waals surface area contributed by atoms with E-state index in [1.807, 2.05) is 30.3 Å². The molecular formula is C20H26O3. The lowest BCUT2D eigenvalue weighted by atomic mass is 9.75. The lowest BCUT2D eigenvalue weighted by Gasteiger charge is -2.36. The predicted octanol–water partition coefficient (Wildman–Crippen LogP) is 4.27. The molecule has 1 aromatic carbocycles. The molecule has 1 aliphatic rings. The van der Waals surface area contributed by atoms with Crippen LogP contribution in [0.4, 0.5) is 0 Å². The zero-order valence-electron chi connectivity index (χ0n) is 14.2. The molecule has 0 amide bonds. The molecule has 124 valence electrons. The van der Waals surface area contributed by atoms with Crippen LogP contribution in [0.25, 0.3) is 6.08 Å². The van der Waals surface area contributed by atoms with Crippen LogP contribution >= 0.6 is 0 Å². The lowest BCUT2D eigenvalue weighted by Crippen LogP contribution is -2.37. The Hall–Kier alpha value is -1.90. The van der Waals surface area contributed by atoms with Crippen LogP contribution in [-0.2, 0) is 14.3 Å². The first-order chi connectivity index (χ1) is 11.0. The highest BCUT2D eigenvalue weighted by Crippen LogP contribution is 2.35. The van der Waals surface area contributed by atoms with E-state index in [9.17, 15) is 9.59 Å². The number of esters is 1. The second kappa shape index (κ2) is 8.09. The summed E-state index contributed by atoms with van der Waals surface area (Å²) in [4.78, 5) is 24.1.